The van der Waals surface area contributed by atoms with Crippen molar-refractivity contribution in [3.05, 3.63) is 110 Å². The highest BCUT2D eigenvalue weighted by Gasteiger charge is 2.52. The molecule has 0 unspecified atom stereocenters. The first-order valence-electron chi connectivity index (χ1n) is 12.4. The summed E-state index contributed by atoms with van der Waals surface area (Å²) in [4.78, 5) is 29.8. The van der Waals surface area contributed by atoms with Gasteiger partial charge in [-0.2, -0.15) is 0 Å². The maximum Gasteiger partial charge on any atom is 0.264 e. The molecule has 198 valence electrons. The van der Waals surface area contributed by atoms with Gasteiger partial charge in [0.15, 0.2) is 5.60 Å². The highest BCUT2D eigenvalue weighted by molar-refractivity contribution is 14.1. The summed E-state index contributed by atoms with van der Waals surface area (Å²) >= 11 is 8.51. The molecule has 3 aromatic rings. The summed E-state index contributed by atoms with van der Waals surface area (Å²) in [5.74, 6) is -1.20. The molecule has 2 atom stereocenters. The van der Waals surface area contributed by atoms with E-state index in [-0.39, 0.29) is 25.5 Å². The van der Waals surface area contributed by atoms with E-state index in [4.69, 9.17) is 11.6 Å². The van der Waals surface area contributed by atoms with Gasteiger partial charge in [0.25, 0.3) is 5.91 Å². The predicted molar refractivity (Wildman–Crippen MR) is 158 cm³/mol. The van der Waals surface area contributed by atoms with E-state index < -0.39 is 17.4 Å². The molecule has 0 saturated carbocycles. The lowest BCUT2D eigenvalue weighted by Crippen LogP contribution is -2.44. The average Bonchev–Trinajstić information content (AvgIpc) is 3.11. The minimum atomic E-state index is -1.82. The van der Waals surface area contributed by atoms with Crippen LogP contribution in [0.1, 0.15) is 30.0 Å². The standard InChI is InChI=1S/C30H30ClIN2O4/c1-21(7-5-12-28(36)33(15-16-35)19-22-8-3-2-4-9-22)30(38)26-18-24(31)13-14-27(26)34(29(30)37)20-23-10-6-11-25(32)17-23/h2-11,13-14,17-18,21,35,38H,12,15-16,19-20H2,1H3/b7-5+/t21-,30+/m0/s1. The summed E-state index contributed by atoms with van der Waals surface area (Å²) in [6, 6.07) is 22.6. The van der Waals surface area contributed by atoms with Crippen LogP contribution in [0.2, 0.25) is 5.02 Å². The molecule has 38 heavy (non-hydrogen) atoms. The molecule has 0 aromatic heterocycles. The fourth-order valence-corrected chi connectivity index (χ4v) is 5.53. The lowest BCUT2D eigenvalue weighted by molar-refractivity contribution is -0.139. The molecule has 1 aliphatic rings. The van der Waals surface area contributed by atoms with E-state index >= 15 is 0 Å². The van der Waals surface area contributed by atoms with Crippen molar-refractivity contribution in [1.82, 2.24) is 4.90 Å². The molecule has 4 rings (SSSR count). The smallest absolute Gasteiger partial charge is 0.264 e. The van der Waals surface area contributed by atoms with Crippen LogP contribution < -0.4 is 4.90 Å². The van der Waals surface area contributed by atoms with Crippen molar-refractivity contribution in [3.8, 4) is 0 Å². The highest BCUT2D eigenvalue weighted by atomic mass is 127. The van der Waals surface area contributed by atoms with Gasteiger partial charge in [0, 0.05) is 39.6 Å². The van der Waals surface area contributed by atoms with E-state index in [0.29, 0.717) is 29.4 Å². The minimum absolute atomic E-state index is 0.0794. The molecule has 2 N–H and O–H groups in total. The van der Waals surface area contributed by atoms with Gasteiger partial charge < -0.3 is 20.0 Å². The van der Waals surface area contributed by atoms with Crippen molar-refractivity contribution in [2.24, 2.45) is 5.92 Å². The van der Waals surface area contributed by atoms with Crippen LogP contribution >= 0.6 is 34.2 Å². The van der Waals surface area contributed by atoms with E-state index in [1.165, 1.54) is 0 Å². The van der Waals surface area contributed by atoms with Crippen molar-refractivity contribution >= 4 is 51.7 Å². The van der Waals surface area contributed by atoms with E-state index in [9.17, 15) is 19.8 Å². The Morgan fingerprint density at radius 2 is 1.84 bits per heavy atom. The maximum absolute atomic E-state index is 13.7. The van der Waals surface area contributed by atoms with Gasteiger partial charge in [-0.3, -0.25) is 9.59 Å². The van der Waals surface area contributed by atoms with Crippen LogP contribution in [0.15, 0.2) is 84.9 Å². The summed E-state index contributed by atoms with van der Waals surface area (Å²) in [7, 11) is 0. The Morgan fingerprint density at radius 1 is 1.11 bits per heavy atom. The number of nitrogens with zero attached hydrogens (tertiary/aromatic N) is 2. The number of hydrogen-bond acceptors (Lipinski definition) is 4. The summed E-state index contributed by atoms with van der Waals surface area (Å²) in [5, 5.41) is 21.7. The second-order valence-electron chi connectivity index (χ2n) is 9.39. The van der Waals surface area contributed by atoms with E-state index in [1.807, 2.05) is 54.6 Å². The Balaban J connectivity index is 1.52. The summed E-state index contributed by atoms with van der Waals surface area (Å²) in [6.45, 7) is 2.55. The largest absolute Gasteiger partial charge is 0.395 e. The van der Waals surface area contributed by atoms with Crippen LogP contribution in [0.4, 0.5) is 5.69 Å². The number of hydrogen-bond donors (Lipinski definition) is 2. The first-order chi connectivity index (χ1) is 18.2. The molecular formula is C30H30ClIN2O4. The topological polar surface area (TPSA) is 81.1 Å². The van der Waals surface area contributed by atoms with Gasteiger partial charge in [-0.1, -0.05) is 73.1 Å². The summed E-state index contributed by atoms with van der Waals surface area (Å²) in [6.07, 6.45) is 3.46. The monoisotopic (exact) mass is 644 g/mol. The molecule has 0 spiro atoms. The zero-order chi connectivity index (χ0) is 27.3. The van der Waals surface area contributed by atoms with Gasteiger partial charge in [0.05, 0.1) is 18.8 Å². The molecular weight excluding hydrogens is 615 g/mol. The van der Waals surface area contributed by atoms with Crippen LogP contribution in [0, 0.1) is 9.49 Å². The van der Waals surface area contributed by atoms with E-state index in [0.717, 1.165) is 14.7 Å². The Labute approximate surface area is 241 Å². The van der Waals surface area contributed by atoms with E-state index in [1.54, 1.807) is 47.1 Å². The number of benzene rings is 3. The van der Waals surface area contributed by atoms with Crippen LogP contribution in [-0.4, -0.2) is 40.1 Å². The fraction of sp³-hybridized carbons (Fsp3) is 0.267. The van der Waals surface area contributed by atoms with Gasteiger partial charge in [-0.05, 0) is 64.0 Å². The molecule has 1 heterocycles. The first kappa shape index (κ1) is 28.3. The van der Waals surface area contributed by atoms with Crippen molar-refractivity contribution in [1.29, 1.82) is 0 Å². The number of amides is 2. The number of rotatable bonds is 10. The third-order valence-corrected chi connectivity index (χ3v) is 7.68. The molecule has 0 radical (unpaired) electrons. The fourth-order valence-electron chi connectivity index (χ4n) is 4.75. The Morgan fingerprint density at radius 3 is 2.55 bits per heavy atom. The number of anilines is 1. The molecule has 8 heteroatoms. The number of fused-ring (bicyclic) bond motifs is 1. The Hall–Kier alpha value is -2.72. The third-order valence-electron chi connectivity index (χ3n) is 6.78. The number of carbonyl (C=O) groups excluding carboxylic acids is 2. The summed E-state index contributed by atoms with van der Waals surface area (Å²) in [5.41, 5.74) is 1.17. The zero-order valence-corrected chi connectivity index (χ0v) is 24.0. The molecule has 1 aliphatic heterocycles. The van der Waals surface area contributed by atoms with Crippen LogP contribution in [-0.2, 0) is 28.3 Å². The van der Waals surface area contributed by atoms with Crippen LogP contribution in [0.3, 0.4) is 0 Å². The molecule has 0 saturated heterocycles. The second kappa shape index (κ2) is 12.4. The quantitative estimate of drug-likeness (QED) is 0.233. The number of aliphatic hydroxyl groups excluding tert-OH is 1. The normalized spacial score (nSPS) is 17.6. The average molecular weight is 645 g/mol. The third kappa shape index (κ3) is 6.12. The first-order valence-corrected chi connectivity index (χ1v) is 13.9. The molecule has 2 amide bonds. The number of aliphatic hydroxyl groups is 2. The van der Waals surface area contributed by atoms with E-state index in [2.05, 4.69) is 22.6 Å². The lowest BCUT2D eigenvalue weighted by Gasteiger charge is -2.28. The van der Waals surface area contributed by atoms with Gasteiger partial charge >= 0.3 is 0 Å². The van der Waals surface area contributed by atoms with Crippen molar-refractivity contribution in [2.45, 2.75) is 32.0 Å². The van der Waals surface area contributed by atoms with Crippen LogP contribution in [0.5, 0.6) is 0 Å². The molecule has 0 fully saturated rings. The second-order valence-corrected chi connectivity index (χ2v) is 11.1. The van der Waals surface area contributed by atoms with Gasteiger partial charge in [0.1, 0.15) is 0 Å². The predicted octanol–water partition coefficient (Wildman–Crippen LogP) is 5.28. The SMILES string of the molecule is C[C@@H](/C=C/CC(=O)N(CCO)Cc1ccccc1)[C@]1(O)C(=O)N(Cc2cccc(I)c2)c2ccc(Cl)cc21. The lowest BCUT2D eigenvalue weighted by atomic mass is 9.83. The highest BCUT2D eigenvalue weighted by Crippen LogP contribution is 2.46. The molecule has 0 aliphatic carbocycles. The van der Waals surface area contributed by atoms with Gasteiger partial charge in [-0.15, -0.1) is 0 Å². The Bertz CT molecular complexity index is 1330. The van der Waals surface area contributed by atoms with Gasteiger partial charge in [-0.25, -0.2) is 0 Å². The zero-order valence-electron chi connectivity index (χ0n) is 21.1. The van der Waals surface area contributed by atoms with Gasteiger partial charge in [0.2, 0.25) is 5.91 Å². The molecule has 3 aromatic carbocycles. The van der Waals surface area contributed by atoms with Crippen molar-refractivity contribution in [2.75, 3.05) is 18.1 Å². The molecule has 0 bridgehead atoms. The molecule has 6 nitrogen and oxygen atoms in total. The Kier molecular flexibility index (Phi) is 9.25. The van der Waals surface area contributed by atoms with Crippen molar-refractivity contribution in [3.63, 3.8) is 0 Å². The number of carbonyl (C=O) groups is 2. The van der Waals surface area contributed by atoms with Crippen LogP contribution in [0.25, 0.3) is 0 Å². The number of halogens is 2. The minimum Gasteiger partial charge on any atom is -0.395 e. The van der Waals surface area contributed by atoms with Crippen molar-refractivity contribution < 1.29 is 19.8 Å². The summed E-state index contributed by atoms with van der Waals surface area (Å²) < 4.78 is 1.06. The maximum atomic E-state index is 13.7.